The molecule has 10 fully saturated rings. The second-order valence-electron chi connectivity index (χ2n) is 10.3. The van der Waals surface area contributed by atoms with Crippen LogP contribution in [-0.2, 0) is 11.3 Å². The van der Waals surface area contributed by atoms with Crippen LogP contribution in [0.15, 0.2) is 12.7 Å². The zero-order chi connectivity index (χ0) is 10.2. The van der Waals surface area contributed by atoms with Crippen LogP contribution in [0.25, 0.3) is 0 Å². The Hall–Kier alpha value is -0.0705. The Morgan fingerprint density at radius 3 is 1.12 bits per heavy atom. The summed E-state index contributed by atoms with van der Waals surface area (Å²) in [5, 5.41) is 0. The summed E-state index contributed by atoms with van der Waals surface area (Å²) in [4.78, 5) is 25.3. The summed E-state index contributed by atoms with van der Waals surface area (Å²) in [7, 11) is 0. The van der Waals surface area contributed by atoms with Gasteiger partial charge >= 0.3 is 54.7 Å². The average Bonchev–Trinajstić information content (AvgIpc) is 3.25. The van der Waals surface area contributed by atoms with E-state index < -0.39 is 6.51 Å². The van der Waals surface area contributed by atoms with E-state index in [1.54, 1.807) is 54.2 Å². The maximum atomic E-state index is 9.33. The van der Waals surface area contributed by atoms with E-state index in [2.05, 4.69) is 6.58 Å². The fourth-order valence-corrected chi connectivity index (χ4v) is 88.1. The summed E-state index contributed by atoms with van der Waals surface area (Å²) in [6.07, 6.45) is 2.85. The molecule has 1 spiro atoms. The van der Waals surface area contributed by atoms with E-state index in [0.717, 1.165) is 6.29 Å². The molecule has 10 aliphatic rings. The second kappa shape index (κ2) is 0.477. The molecule has 16 heavy (non-hydrogen) atoms. The summed E-state index contributed by atoms with van der Waals surface area (Å²) in [5.74, 6) is 0. The van der Waals surface area contributed by atoms with Crippen LogP contribution in [0.2, 0.25) is 48.2 Å². The van der Waals surface area contributed by atoms with Gasteiger partial charge in [0.1, 0.15) is 6.29 Å². The van der Waals surface area contributed by atoms with Gasteiger partial charge in [0, 0.05) is 6.42 Å². The van der Waals surface area contributed by atoms with Crippen LogP contribution in [0.1, 0.15) is 6.42 Å². The molecule has 0 aromatic heterocycles. The van der Waals surface area contributed by atoms with Gasteiger partial charge in [0.15, 0.2) is 0 Å². The summed E-state index contributed by atoms with van der Waals surface area (Å²) >= 11 is 0. The quantitative estimate of drug-likeness (QED) is 0.412. The first kappa shape index (κ1) is 6.20. The fraction of sp³-hybridized carbons (Fsp3) is 0.786. The van der Waals surface area contributed by atoms with Crippen LogP contribution >= 0.6 is 0 Å². The van der Waals surface area contributed by atoms with Gasteiger partial charge in [0.05, 0.1) is 0 Å². The van der Waals surface area contributed by atoms with Gasteiger partial charge in [-0.15, -0.1) is 6.58 Å². The Kier molecular flexibility index (Phi) is 0.185. The van der Waals surface area contributed by atoms with E-state index >= 15 is 0 Å². The zero-order valence-electron chi connectivity index (χ0n) is 9.10. The standard InChI is InChI=1S/2C5H5.C4H6O.Fe/c2*1-2-4-5-3-1;1-2-3-4-5;/h2*1-5H;2,4H,1,3H2;. The number of aldehydes is 1. The van der Waals surface area contributed by atoms with E-state index in [1.807, 2.05) is 0 Å². The van der Waals surface area contributed by atoms with Gasteiger partial charge in [-0.2, -0.15) is 0 Å². The van der Waals surface area contributed by atoms with Crippen LogP contribution in [0.3, 0.4) is 0 Å². The van der Waals surface area contributed by atoms with Gasteiger partial charge in [0.2, 0.25) is 0 Å². The molecule has 10 aliphatic heterocycles. The van der Waals surface area contributed by atoms with Crippen molar-refractivity contribution in [1.82, 2.24) is 0 Å². The Labute approximate surface area is 84.9 Å². The summed E-state index contributed by atoms with van der Waals surface area (Å²) in [5.41, 5.74) is 0. The van der Waals surface area contributed by atoms with Gasteiger partial charge in [0.25, 0.3) is 0 Å². The molecule has 10 rings (SSSR count). The van der Waals surface area contributed by atoms with Crippen molar-refractivity contribution in [3.05, 3.63) is 12.7 Å². The van der Waals surface area contributed by atoms with Gasteiger partial charge in [-0.3, -0.25) is 0 Å². The Bertz CT molecular complexity index is 677. The van der Waals surface area contributed by atoms with Crippen LogP contribution < -0.4 is 0 Å². The third kappa shape index (κ3) is 0.0571. The average molecular weight is 256 g/mol. The second-order valence-corrected chi connectivity index (χ2v) is 34.2. The van der Waals surface area contributed by atoms with Crippen molar-refractivity contribution in [3.8, 4) is 0 Å². The Balaban J connectivity index is 0.000000105. The van der Waals surface area contributed by atoms with Gasteiger partial charge in [-0.25, -0.2) is 0 Å². The molecule has 1 nitrogen and oxygen atoms in total. The Morgan fingerprint density at radius 2 is 1.12 bits per heavy atom. The summed E-state index contributed by atoms with van der Waals surface area (Å²) < 4.78 is 0. The molecular weight excluding hydrogens is 240 g/mol. The molecule has 0 aliphatic carbocycles. The molecule has 0 amide bonds. The summed E-state index contributed by atoms with van der Waals surface area (Å²) in [6, 6.07) is 0. The number of hydrogen-bond acceptors (Lipinski definition) is 1. The molecular formula is C14H16FeO. The third-order valence-corrected chi connectivity index (χ3v) is 56.7. The number of carbonyl (C=O) groups excluding carboxylic acids is 1. The molecule has 0 atom stereocenters. The molecule has 2 heteroatoms. The molecule has 10 heterocycles. The van der Waals surface area contributed by atoms with Crippen molar-refractivity contribution in [3.63, 3.8) is 0 Å². The third-order valence-electron chi connectivity index (χ3n) is 14.8. The molecule has 0 saturated carbocycles. The van der Waals surface area contributed by atoms with E-state index in [9.17, 15) is 4.79 Å². The minimum atomic E-state index is -2.28. The molecule has 0 unspecified atom stereocenters. The number of fused-ring (bicyclic) bond motifs is 10. The number of hydrogen-bond donors (Lipinski definition) is 0. The topological polar surface area (TPSA) is 17.1 Å². The first-order valence-corrected chi connectivity index (χ1v) is 13.2. The Morgan fingerprint density at radius 1 is 0.812 bits per heavy atom. The van der Waals surface area contributed by atoms with Crippen molar-refractivity contribution in [2.45, 2.75) is 54.6 Å². The monoisotopic (exact) mass is 256 g/mol. The van der Waals surface area contributed by atoms with Crippen LogP contribution in [0.5, 0.6) is 0 Å². The zero-order valence-corrected chi connectivity index (χ0v) is 10.2. The SMILES string of the molecule is C=CCC=O.[CH]12[CH]3[CH]4[CH]5[CH]1[Fe]23451678[CH]2[CH]1[CH]6[CH]7[CH]28. The normalized spacial score (nSPS) is 120. The predicted octanol–water partition coefficient (Wildman–Crippen LogP) is 4.14. The minimum absolute atomic E-state index is 0.472. The van der Waals surface area contributed by atoms with Crippen LogP contribution in [0, 0.1) is 0 Å². The van der Waals surface area contributed by atoms with Gasteiger partial charge in [-0.1, -0.05) is 6.08 Å². The van der Waals surface area contributed by atoms with Crippen LogP contribution in [-0.4, -0.2) is 6.29 Å². The number of rotatable bonds is 2. The molecule has 86 valence electrons. The molecule has 0 N–H and O–H groups in total. The van der Waals surface area contributed by atoms with E-state index in [-0.39, 0.29) is 0 Å². The molecule has 10 saturated heterocycles. The van der Waals surface area contributed by atoms with E-state index in [4.69, 9.17) is 0 Å². The maximum absolute atomic E-state index is 9.33. The van der Waals surface area contributed by atoms with Gasteiger partial charge < -0.3 is 4.79 Å². The number of carbonyl (C=O) groups is 1. The van der Waals surface area contributed by atoms with E-state index in [0.29, 0.717) is 6.42 Å². The van der Waals surface area contributed by atoms with Crippen LogP contribution in [0.4, 0.5) is 0 Å². The van der Waals surface area contributed by atoms with Crippen molar-refractivity contribution in [2.75, 3.05) is 0 Å². The number of allylic oxidation sites excluding steroid dienone is 1. The predicted molar refractivity (Wildman–Crippen MR) is 58.4 cm³/mol. The molecule has 0 bridgehead atoms. The summed E-state index contributed by atoms with van der Waals surface area (Å²) in [6.45, 7) is 1.04. The fourth-order valence-electron chi connectivity index (χ4n) is 15.9. The van der Waals surface area contributed by atoms with Gasteiger partial charge in [-0.05, 0) is 0 Å². The first-order chi connectivity index (χ1) is 7.57. The first-order valence-electron chi connectivity index (χ1n) is 6.84. The molecule has 0 aromatic carbocycles. The van der Waals surface area contributed by atoms with Crippen molar-refractivity contribution in [1.29, 1.82) is 0 Å². The van der Waals surface area contributed by atoms with Crippen molar-refractivity contribution < 1.29 is 11.3 Å². The molecule has 0 aromatic rings. The molecule has 0 radical (unpaired) electrons. The van der Waals surface area contributed by atoms with Crippen molar-refractivity contribution >= 4 is 6.29 Å². The van der Waals surface area contributed by atoms with Crippen molar-refractivity contribution in [2.24, 2.45) is 0 Å². The van der Waals surface area contributed by atoms with E-state index in [1.165, 1.54) is 0 Å².